The van der Waals surface area contributed by atoms with Gasteiger partial charge in [-0.2, -0.15) is 0 Å². The molecule has 0 aliphatic heterocycles. The summed E-state index contributed by atoms with van der Waals surface area (Å²) in [6.07, 6.45) is 2.21. The van der Waals surface area contributed by atoms with Crippen LogP contribution in [0, 0.1) is 5.92 Å². The van der Waals surface area contributed by atoms with Crippen LogP contribution in [-0.2, 0) is 11.5 Å². The third kappa shape index (κ3) is 2.97. The van der Waals surface area contributed by atoms with Gasteiger partial charge in [-0.1, -0.05) is 23.7 Å². The van der Waals surface area contributed by atoms with Crippen molar-refractivity contribution in [1.82, 2.24) is 0 Å². The number of hydrogen-bond donors (Lipinski definition) is 1. The second-order valence-electron chi connectivity index (χ2n) is 4.53. The van der Waals surface area contributed by atoms with Gasteiger partial charge in [0.25, 0.3) is 0 Å². The number of carbonyl (C=O) groups is 1. The topological polar surface area (TPSA) is 37.3 Å². The van der Waals surface area contributed by atoms with Crippen molar-refractivity contribution in [2.75, 3.05) is 0 Å². The average Bonchev–Trinajstić information content (AvgIpc) is 3.09. The summed E-state index contributed by atoms with van der Waals surface area (Å²) in [5.41, 5.74) is 1.37. The fourth-order valence-electron chi connectivity index (χ4n) is 2.17. The summed E-state index contributed by atoms with van der Waals surface area (Å²) in [7, 11) is 0. The van der Waals surface area contributed by atoms with E-state index < -0.39 is 12.6 Å². The molecule has 0 radical (unpaired) electrons. The molecule has 92 valence electrons. The minimum absolute atomic E-state index is 0.0336. The predicted molar refractivity (Wildman–Crippen MR) is 64.0 cm³/mol. The Morgan fingerprint density at radius 3 is 2.71 bits per heavy atom. The number of rotatable bonds is 5. The number of halogens is 2. The molecule has 1 unspecified atom stereocenters. The van der Waals surface area contributed by atoms with Crippen molar-refractivity contribution in [2.24, 2.45) is 5.92 Å². The van der Waals surface area contributed by atoms with E-state index in [-0.39, 0.29) is 12.3 Å². The molecule has 0 heterocycles. The van der Waals surface area contributed by atoms with E-state index in [2.05, 4.69) is 0 Å². The van der Waals surface area contributed by atoms with Crippen LogP contribution >= 0.6 is 11.6 Å². The van der Waals surface area contributed by atoms with Gasteiger partial charge in [0.15, 0.2) is 0 Å². The summed E-state index contributed by atoms with van der Waals surface area (Å²) in [5, 5.41) is 9.39. The summed E-state index contributed by atoms with van der Waals surface area (Å²) >= 11 is 6.10. The first-order valence-electron chi connectivity index (χ1n) is 5.68. The molecule has 2 nitrogen and oxygen atoms in total. The molecule has 0 spiro atoms. The molecule has 17 heavy (non-hydrogen) atoms. The van der Waals surface area contributed by atoms with Crippen LogP contribution in [0.4, 0.5) is 4.39 Å². The highest BCUT2D eigenvalue weighted by atomic mass is 35.5. The maximum atomic E-state index is 12.5. The van der Waals surface area contributed by atoms with Crippen molar-refractivity contribution < 1.29 is 14.3 Å². The van der Waals surface area contributed by atoms with Crippen molar-refractivity contribution in [1.29, 1.82) is 0 Å². The zero-order chi connectivity index (χ0) is 12.4. The fourth-order valence-corrected chi connectivity index (χ4v) is 2.52. The lowest BCUT2D eigenvalue weighted by Crippen LogP contribution is -2.09. The minimum Gasteiger partial charge on any atom is -0.481 e. The molecule has 1 aromatic rings. The van der Waals surface area contributed by atoms with E-state index in [0.29, 0.717) is 16.5 Å². The number of hydrogen-bond acceptors (Lipinski definition) is 1. The zero-order valence-corrected chi connectivity index (χ0v) is 10.1. The molecular formula is C13H14ClFO2. The first-order chi connectivity index (χ1) is 8.11. The maximum absolute atomic E-state index is 12.5. The van der Waals surface area contributed by atoms with Crippen LogP contribution in [0.5, 0.6) is 0 Å². The van der Waals surface area contributed by atoms with Gasteiger partial charge in [-0.25, -0.2) is 4.39 Å². The highest BCUT2D eigenvalue weighted by Gasteiger charge is 2.34. The van der Waals surface area contributed by atoms with Crippen molar-refractivity contribution >= 4 is 17.6 Å². The summed E-state index contributed by atoms with van der Waals surface area (Å²) < 4.78 is 12.5. The lowest BCUT2D eigenvalue weighted by Gasteiger charge is -2.16. The molecule has 2 rings (SSSR count). The van der Waals surface area contributed by atoms with Gasteiger partial charge >= 0.3 is 5.97 Å². The number of aliphatic carboxylic acids is 1. The first-order valence-corrected chi connectivity index (χ1v) is 6.05. The van der Waals surface area contributed by atoms with E-state index in [4.69, 9.17) is 16.7 Å². The normalized spacial score (nSPS) is 16.8. The van der Waals surface area contributed by atoms with Crippen molar-refractivity contribution in [3.63, 3.8) is 0 Å². The zero-order valence-electron chi connectivity index (χ0n) is 9.33. The van der Waals surface area contributed by atoms with E-state index in [1.165, 1.54) is 0 Å². The second-order valence-corrected chi connectivity index (χ2v) is 4.94. The SMILES string of the molecule is O=C(O)CC(c1ccc(CF)cc1Cl)C1CC1. The van der Waals surface area contributed by atoms with Gasteiger partial charge in [-0.3, -0.25) is 4.79 Å². The van der Waals surface area contributed by atoms with Gasteiger partial charge in [0, 0.05) is 5.02 Å². The Labute approximate surface area is 104 Å². The second kappa shape index (κ2) is 5.05. The van der Waals surface area contributed by atoms with Crippen molar-refractivity contribution in [3.8, 4) is 0 Å². The van der Waals surface area contributed by atoms with E-state index in [1.807, 2.05) is 0 Å². The molecule has 1 saturated carbocycles. The molecule has 1 fully saturated rings. The molecule has 1 aliphatic carbocycles. The number of carboxylic acid groups (broad SMARTS) is 1. The van der Waals surface area contributed by atoms with Gasteiger partial charge in [-0.15, -0.1) is 0 Å². The van der Waals surface area contributed by atoms with E-state index >= 15 is 0 Å². The van der Waals surface area contributed by atoms with Crippen LogP contribution in [0.2, 0.25) is 5.02 Å². The summed E-state index contributed by atoms with van der Waals surface area (Å²) in [5.74, 6) is -0.430. The lowest BCUT2D eigenvalue weighted by atomic mass is 9.90. The molecule has 0 aromatic heterocycles. The minimum atomic E-state index is -0.812. The fraction of sp³-hybridized carbons (Fsp3) is 0.462. The Morgan fingerprint density at radius 1 is 1.53 bits per heavy atom. The summed E-state index contributed by atoms with van der Waals surface area (Å²) in [6, 6.07) is 5.04. The van der Waals surface area contributed by atoms with Gasteiger partial charge in [-0.05, 0) is 41.9 Å². The quantitative estimate of drug-likeness (QED) is 0.871. The molecule has 0 amide bonds. The summed E-state index contributed by atoms with van der Waals surface area (Å²) in [6.45, 7) is -0.549. The third-order valence-corrected chi connectivity index (χ3v) is 3.53. The Hall–Kier alpha value is -1.09. The monoisotopic (exact) mass is 256 g/mol. The van der Waals surface area contributed by atoms with E-state index in [9.17, 15) is 9.18 Å². The highest BCUT2D eigenvalue weighted by molar-refractivity contribution is 6.31. The summed E-state index contributed by atoms with van der Waals surface area (Å²) in [4.78, 5) is 10.8. The van der Waals surface area contributed by atoms with Crippen LogP contribution in [-0.4, -0.2) is 11.1 Å². The van der Waals surface area contributed by atoms with Crippen molar-refractivity contribution in [2.45, 2.75) is 31.9 Å². The molecule has 0 saturated heterocycles. The largest absolute Gasteiger partial charge is 0.481 e. The third-order valence-electron chi connectivity index (χ3n) is 3.20. The Bertz CT molecular complexity index is 429. The molecule has 1 aliphatic rings. The lowest BCUT2D eigenvalue weighted by molar-refractivity contribution is -0.137. The number of benzene rings is 1. The van der Waals surface area contributed by atoms with Crippen LogP contribution in [0.1, 0.15) is 36.3 Å². The average molecular weight is 257 g/mol. The number of alkyl halides is 1. The predicted octanol–water partition coefficient (Wildman–Crippen LogP) is 3.78. The molecule has 1 aromatic carbocycles. The van der Waals surface area contributed by atoms with Crippen LogP contribution in [0.3, 0.4) is 0 Å². The molecule has 4 heteroatoms. The van der Waals surface area contributed by atoms with Crippen molar-refractivity contribution in [3.05, 3.63) is 34.3 Å². The Morgan fingerprint density at radius 2 is 2.24 bits per heavy atom. The van der Waals surface area contributed by atoms with Crippen LogP contribution in [0.25, 0.3) is 0 Å². The van der Waals surface area contributed by atoms with E-state index in [1.54, 1.807) is 18.2 Å². The van der Waals surface area contributed by atoms with Gasteiger partial charge < -0.3 is 5.11 Å². The number of carboxylic acids is 1. The van der Waals surface area contributed by atoms with Crippen LogP contribution in [0.15, 0.2) is 18.2 Å². The first kappa shape index (κ1) is 12.4. The maximum Gasteiger partial charge on any atom is 0.303 e. The smallest absolute Gasteiger partial charge is 0.303 e. The highest BCUT2D eigenvalue weighted by Crippen LogP contribution is 2.46. The van der Waals surface area contributed by atoms with Gasteiger partial charge in [0.2, 0.25) is 0 Å². The van der Waals surface area contributed by atoms with Gasteiger partial charge in [0.1, 0.15) is 6.67 Å². The molecule has 1 atom stereocenters. The molecule has 1 N–H and O–H groups in total. The standard InChI is InChI=1S/C13H14ClFO2/c14-12-5-8(7-15)1-4-10(12)11(6-13(16)17)9-2-3-9/h1,4-5,9,11H,2-3,6-7H2,(H,16,17). The molecular weight excluding hydrogens is 243 g/mol. The Balaban J connectivity index is 2.25. The molecule has 0 bridgehead atoms. The Kier molecular flexibility index (Phi) is 3.67. The van der Waals surface area contributed by atoms with Gasteiger partial charge in [0.05, 0.1) is 6.42 Å². The van der Waals surface area contributed by atoms with E-state index in [0.717, 1.165) is 18.4 Å². The van der Waals surface area contributed by atoms with Crippen LogP contribution < -0.4 is 0 Å².